The van der Waals surface area contributed by atoms with Crippen molar-refractivity contribution in [3.8, 4) is 11.5 Å². The molecule has 0 unspecified atom stereocenters. The van der Waals surface area contributed by atoms with Gasteiger partial charge in [-0.3, -0.25) is 4.79 Å². The number of methoxy groups -OCH3 is 2. The summed E-state index contributed by atoms with van der Waals surface area (Å²) in [4.78, 5) is 13.1. The Hall–Kier alpha value is -2.58. The maximum Gasteiger partial charge on any atom is 0.243 e. The molecule has 1 fully saturated rings. The number of hydrogen-bond donors (Lipinski definition) is 1. The van der Waals surface area contributed by atoms with E-state index in [1.807, 2.05) is 12.1 Å². The number of rotatable bonds is 6. The Labute approximate surface area is 189 Å². The molecule has 0 bridgehead atoms. The number of fused-ring (bicyclic) bond motifs is 1. The second-order valence-electron chi connectivity index (χ2n) is 8.35. The average Bonchev–Trinajstić information content (AvgIpc) is 2.83. The summed E-state index contributed by atoms with van der Waals surface area (Å²) < 4.78 is 38.1. The minimum absolute atomic E-state index is 0.0230. The molecule has 2 aromatic carbocycles. The zero-order valence-corrected chi connectivity index (χ0v) is 19.4. The minimum atomic E-state index is -3.67. The molecule has 1 aliphatic heterocycles. The van der Waals surface area contributed by atoms with Gasteiger partial charge in [-0.2, -0.15) is 4.31 Å². The van der Waals surface area contributed by atoms with Crippen LogP contribution in [0, 0.1) is 5.92 Å². The highest BCUT2D eigenvalue weighted by atomic mass is 32.2. The molecule has 0 radical (unpaired) electrons. The molecule has 1 atom stereocenters. The number of amides is 1. The lowest BCUT2D eigenvalue weighted by atomic mass is 9.87. The summed E-state index contributed by atoms with van der Waals surface area (Å²) >= 11 is 0. The van der Waals surface area contributed by atoms with Crippen molar-refractivity contribution < 1.29 is 22.7 Å². The molecule has 32 heavy (non-hydrogen) atoms. The second kappa shape index (κ2) is 9.50. The molecule has 2 aliphatic rings. The summed E-state index contributed by atoms with van der Waals surface area (Å²) in [6.07, 6.45) is 4.06. The Morgan fingerprint density at radius 1 is 1.00 bits per heavy atom. The van der Waals surface area contributed by atoms with E-state index in [0.29, 0.717) is 37.4 Å². The molecular formula is C24H30N2O5S. The van der Waals surface area contributed by atoms with Gasteiger partial charge >= 0.3 is 0 Å². The van der Waals surface area contributed by atoms with E-state index in [0.717, 1.165) is 19.3 Å². The SMILES string of the molecule is COc1ccc(S(=O)(=O)N2CCC(C(=O)N[C@@H]3CCCc4ccccc43)CC2)cc1OC. The van der Waals surface area contributed by atoms with Crippen LogP contribution in [0.5, 0.6) is 11.5 Å². The predicted molar refractivity (Wildman–Crippen MR) is 121 cm³/mol. The van der Waals surface area contributed by atoms with E-state index in [-0.39, 0.29) is 22.8 Å². The molecule has 1 heterocycles. The van der Waals surface area contributed by atoms with Crippen molar-refractivity contribution in [3.05, 3.63) is 53.6 Å². The molecular weight excluding hydrogens is 428 g/mol. The van der Waals surface area contributed by atoms with E-state index in [4.69, 9.17) is 9.47 Å². The van der Waals surface area contributed by atoms with Gasteiger partial charge in [0.25, 0.3) is 0 Å². The number of sulfonamides is 1. The van der Waals surface area contributed by atoms with Crippen molar-refractivity contribution in [1.29, 1.82) is 0 Å². The second-order valence-corrected chi connectivity index (χ2v) is 10.3. The van der Waals surface area contributed by atoms with Crippen LogP contribution in [0.1, 0.15) is 42.9 Å². The van der Waals surface area contributed by atoms with Crippen LogP contribution in [0.3, 0.4) is 0 Å². The largest absolute Gasteiger partial charge is 0.493 e. The molecule has 0 saturated carbocycles. The van der Waals surface area contributed by atoms with E-state index >= 15 is 0 Å². The number of piperidine rings is 1. The highest BCUT2D eigenvalue weighted by Gasteiger charge is 2.33. The highest BCUT2D eigenvalue weighted by Crippen LogP contribution is 2.33. The Morgan fingerprint density at radius 3 is 2.44 bits per heavy atom. The van der Waals surface area contributed by atoms with E-state index < -0.39 is 10.0 Å². The molecule has 2 aromatic rings. The van der Waals surface area contributed by atoms with Crippen LogP contribution in [-0.4, -0.2) is 45.9 Å². The maximum absolute atomic E-state index is 13.1. The van der Waals surface area contributed by atoms with Gasteiger partial charge in [0.15, 0.2) is 11.5 Å². The van der Waals surface area contributed by atoms with Gasteiger partial charge in [0.2, 0.25) is 15.9 Å². The first-order chi connectivity index (χ1) is 15.4. The lowest BCUT2D eigenvalue weighted by Gasteiger charge is -2.32. The van der Waals surface area contributed by atoms with Crippen LogP contribution in [0.4, 0.5) is 0 Å². The van der Waals surface area contributed by atoms with Crippen LogP contribution in [0.25, 0.3) is 0 Å². The van der Waals surface area contributed by atoms with Crippen LogP contribution >= 0.6 is 0 Å². The minimum Gasteiger partial charge on any atom is -0.493 e. The number of nitrogens with zero attached hydrogens (tertiary/aromatic N) is 1. The number of carbonyl (C=O) groups excluding carboxylic acids is 1. The van der Waals surface area contributed by atoms with Gasteiger partial charge in [-0.05, 0) is 55.4 Å². The van der Waals surface area contributed by atoms with Crippen LogP contribution in [0.15, 0.2) is 47.4 Å². The highest BCUT2D eigenvalue weighted by molar-refractivity contribution is 7.89. The fourth-order valence-corrected chi connectivity index (χ4v) is 6.16. The van der Waals surface area contributed by atoms with Gasteiger partial charge in [-0.1, -0.05) is 24.3 Å². The monoisotopic (exact) mass is 458 g/mol. The van der Waals surface area contributed by atoms with E-state index in [1.54, 1.807) is 6.07 Å². The molecule has 1 amide bonds. The van der Waals surface area contributed by atoms with Crippen molar-refractivity contribution >= 4 is 15.9 Å². The lowest BCUT2D eigenvalue weighted by molar-refractivity contribution is -0.127. The molecule has 7 nitrogen and oxygen atoms in total. The smallest absolute Gasteiger partial charge is 0.243 e. The summed E-state index contributed by atoms with van der Waals surface area (Å²) in [7, 11) is -0.687. The molecule has 0 aromatic heterocycles. The van der Waals surface area contributed by atoms with Crippen molar-refractivity contribution in [1.82, 2.24) is 9.62 Å². The number of carbonyl (C=O) groups is 1. The van der Waals surface area contributed by atoms with Gasteiger partial charge in [0.05, 0.1) is 25.2 Å². The Kier molecular flexibility index (Phi) is 6.71. The quantitative estimate of drug-likeness (QED) is 0.718. The molecule has 1 saturated heterocycles. The van der Waals surface area contributed by atoms with Crippen molar-refractivity contribution in [3.63, 3.8) is 0 Å². The molecule has 0 spiro atoms. The normalized spacial score (nSPS) is 19.8. The Bertz CT molecular complexity index is 1080. The average molecular weight is 459 g/mol. The number of aryl methyl sites for hydroxylation is 1. The molecule has 8 heteroatoms. The van der Waals surface area contributed by atoms with Crippen molar-refractivity contribution in [2.45, 2.75) is 43.0 Å². The van der Waals surface area contributed by atoms with E-state index in [1.165, 1.54) is 41.8 Å². The Balaban J connectivity index is 1.39. The van der Waals surface area contributed by atoms with Gasteiger partial charge < -0.3 is 14.8 Å². The number of hydrogen-bond acceptors (Lipinski definition) is 5. The molecule has 172 valence electrons. The third-order valence-corrected chi connectivity index (χ3v) is 8.40. The van der Waals surface area contributed by atoms with Crippen molar-refractivity contribution in [2.75, 3.05) is 27.3 Å². The first kappa shape index (κ1) is 22.6. The maximum atomic E-state index is 13.1. The van der Waals surface area contributed by atoms with Crippen LogP contribution < -0.4 is 14.8 Å². The molecule has 4 rings (SSSR count). The van der Waals surface area contributed by atoms with E-state index in [9.17, 15) is 13.2 Å². The first-order valence-electron chi connectivity index (χ1n) is 11.0. The van der Waals surface area contributed by atoms with Crippen LogP contribution in [-0.2, 0) is 21.2 Å². The Morgan fingerprint density at radius 2 is 1.72 bits per heavy atom. The first-order valence-corrected chi connectivity index (χ1v) is 12.5. The zero-order valence-electron chi connectivity index (χ0n) is 18.5. The number of nitrogens with one attached hydrogen (secondary N) is 1. The van der Waals surface area contributed by atoms with Crippen LogP contribution in [0.2, 0.25) is 0 Å². The van der Waals surface area contributed by atoms with E-state index in [2.05, 4.69) is 17.4 Å². The summed E-state index contributed by atoms with van der Waals surface area (Å²) in [5, 5.41) is 3.22. The fourth-order valence-electron chi connectivity index (χ4n) is 4.68. The fraction of sp³-hybridized carbons (Fsp3) is 0.458. The van der Waals surface area contributed by atoms with Gasteiger partial charge in [0, 0.05) is 25.1 Å². The van der Waals surface area contributed by atoms with Gasteiger partial charge in [-0.25, -0.2) is 8.42 Å². The van der Waals surface area contributed by atoms with Gasteiger partial charge in [-0.15, -0.1) is 0 Å². The number of benzene rings is 2. The van der Waals surface area contributed by atoms with Crippen molar-refractivity contribution in [2.24, 2.45) is 5.92 Å². The lowest BCUT2D eigenvalue weighted by Crippen LogP contribution is -2.44. The van der Waals surface area contributed by atoms with Gasteiger partial charge in [0.1, 0.15) is 0 Å². The third kappa shape index (κ3) is 4.47. The standard InChI is InChI=1S/C24H30N2O5S/c1-30-22-11-10-19(16-23(22)31-2)32(28,29)26-14-12-18(13-15-26)24(27)25-21-9-5-7-17-6-3-4-8-20(17)21/h3-4,6,8,10-11,16,18,21H,5,7,9,12-15H2,1-2H3,(H,25,27)/t21-/m1/s1. The summed E-state index contributed by atoms with van der Waals surface area (Å²) in [6.45, 7) is 0.631. The number of ether oxygens (including phenoxy) is 2. The summed E-state index contributed by atoms with van der Waals surface area (Å²) in [5.74, 6) is 0.692. The topological polar surface area (TPSA) is 84.9 Å². The zero-order chi connectivity index (χ0) is 22.7. The summed E-state index contributed by atoms with van der Waals surface area (Å²) in [5.41, 5.74) is 2.51. The summed E-state index contributed by atoms with van der Waals surface area (Å²) in [6, 6.07) is 12.9. The predicted octanol–water partition coefficient (Wildman–Crippen LogP) is 3.30. The third-order valence-electron chi connectivity index (χ3n) is 6.50. The molecule has 1 aliphatic carbocycles. The molecule has 1 N–H and O–H groups in total.